The van der Waals surface area contributed by atoms with Gasteiger partial charge in [-0.1, -0.05) is 6.07 Å². The Labute approximate surface area is 232 Å². The number of aryl methyl sites for hydroxylation is 1. The fraction of sp³-hybridized carbons (Fsp3) is 0.333. The smallest absolute Gasteiger partial charge is 0.475 e. The summed E-state index contributed by atoms with van der Waals surface area (Å²) in [5.74, 6) is -2.37. The van der Waals surface area contributed by atoms with Crippen molar-refractivity contribution < 1.29 is 49.1 Å². The van der Waals surface area contributed by atoms with Crippen molar-refractivity contribution in [3.8, 4) is 11.3 Å². The van der Waals surface area contributed by atoms with Gasteiger partial charge in [0.05, 0.1) is 23.0 Å². The molecule has 3 fully saturated rings. The average molecular weight is 619 g/mol. The third-order valence-corrected chi connectivity index (χ3v) is 8.76. The van der Waals surface area contributed by atoms with E-state index in [4.69, 9.17) is 20.1 Å². The Hall–Kier alpha value is -4.19. The number of sulfonamides is 1. The number of nitrogen functional groups attached to an aromatic ring is 1. The maximum Gasteiger partial charge on any atom is 0.490 e. The molecule has 3 aromatic heterocycles. The standard InChI is InChI=1S/C22H19F3N6O3S.C2HF3O2/c1-12-2-3-13(35(32,33)30-21-8-20(9-21,10-21)17-6-27-11-34-17)4-14(12)15-5-28-19-18(26)29-16(7-31(15)19)22(23,24)25;3-2(4,5)1(6)7/h2-7,11,30H,8-10H2,1H3,(H2,26,29);(H,6,7). The first kappa shape index (κ1) is 29.3. The van der Waals surface area contributed by atoms with Crippen molar-refractivity contribution in [1.82, 2.24) is 24.1 Å². The highest BCUT2D eigenvalue weighted by molar-refractivity contribution is 7.89. The molecule has 3 heterocycles. The highest BCUT2D eigenvalue weighted by Crippen LogP contribution is 2.68. The largest absolute Gasteiger partial charge is 0.490 e. The number of halogens is 6. The summed E-state index contributed by atoms with van der Waals surface area (Å²) in [4.78, 5) is 20.3. The molecule has 0 atom stereocenters. The van der Waals surface area contributed by atoms with Crippen LogP contribution < -0.4 is 10.5 Å². The number of hydrogen-bond acceptors (Lipinski definition) is 8. The average Bonchev–Trinajstić information content (AvgIpc) is 3.50. The van der Waals surface area contributed by atoms with Crippen molar-refractivity contribution in [1.29, 1.82) is 0 Å². The molecule has 224 valence electrons. The number of anilines is 1. The van der Waals surface area contributed by atoms with E-state index in [1.165, 1.54) is 29.1 Å². The van der Waals surface area contributed by atoms with Gasteiger partial charge >= 0.3 is 18.3 Å². The molecule has 7 rings (SSSR count). The van der Waals surface area contributed by atoms with Crippen LogP contribution in [0.2, 0.25) is 0 Å². The van der Waals surface area contributed by atoms with Gasteiger partial charge in [-0.2, -0.15) is 26.3 Å². The van der Waals surface area contributed by atoms with Crippen molar-refractivity contribution in [2.24, 2.45) is 0 Å². The molecule has 0 amide bonds. The van der Waals surface area contributed by atoms with Crippen LogP contribution in [0.1, 0.15) is 36.3 Å². The van der Waals surface area contributed by atoms with Crippen LogP contribution in [0.25, 0.3) is 16.9 Å². The lowest BCUT2D eigenvalue weighted by Crippen LogP contribution is -2.76. The molecule has 42 heavy (non-hydrogen) atoms. The van der Waals surface area contributed by atoms with Crippen LogP contribution >= 0.6 is 0 Å². The molecule has 3 aliphatic rings. The van der Waals surface area contributed by atoms with Gasteiger partial charge in [0.25, 0.3) is 0 Å². The second-order valence-electron chi connectivity index (χ2n) is 10.2. The van der Waals surface area contributed by atoms with Gasteiger partial charge in [0.1, 0.15) is 5.76 Å². The lowest BCUT2D eigenvalue weighted by atomic mass is 9.39. The van der Waals surface area contributed by atoms with E-state index >= 15 is 0 Å². The van der Waals surface area contributed by atoms with Crippen molar-refractivity contribution in [3.05, 3.63) is 60.2 Å². The summed E-state index contributed by atoms with van der Waals surface area (Å²) >= 11 is 0. The molecule has 4 N–H and O–H groups in total. The minimum atomic E-state index is -5.08. The van der Waals surface area contributed by atoms with E-state index in [2.05, 4.69) is 19.7 Å². The van der Waals surface area contributed by atoms with Gasteiger partial charge in [-0.05, 0) is 43.9 Å². The number of hydrogen-bond donors (Lipinski definition) is 3. The maximum atomic E-state index is 13.3. The number of carbonyl (C=O) groups is 1. The predicted molar refractivity (Wildman–Crippen MR) is 131 cm³/mol. The van der Waals surface area contributed by atoms with E-state index in [1.807, 2.05) is 0 Å². The predicted octanol–water partition coefficient (Wildman–Crippen LogP) is 4.08. The molecule has 0 aliphatic heterocycles. The highest BCUT2D eigenvalue weighted by atomic mass is 32.2. The lowest BCUT2D eigenvalue weighted by Gasteiger charge is -2.69. The number of imidazole rings is 1. The van der Waals surface area contributed by atoms with Gasteiger partial charge in [-0.25, -0.2) is 32.9 Å². The molecule has 0 radical (unpaired) electrons. The summed E-state index contributed by atoms with van der Waals surface area (Å²) in [6.07, 6.45) is -2.76. The molecule has 3 aliphatic carbocycles. The number of fused-ring (bicyclic) bond motifs is 1. The Kier molecular flexibility index (Phi) is 6.57. The second-order valence-corrected chi connectivity index (χ2v) is 11.9. The molecular formula is C24H20F6N6O5S. The second kappa shape index (κ2) is 9.41. The molecule has 11 nitrogen and oxygen atoms in total. The number of carboxylic acid groups (broad SMARTS) is 1. The number of nitrogens with one attached hydrogen (secondary N) is 1. The van der Waals surface area contributed by atoms with Crippen molar-refractivity contribution in [2.45, 2.75) is 54.4 Å². The first-order chi connectivity index (χ1) is 19.4. The van der Waals surface area contributed by atoms with Gasteiger partial charge in [-0.3, -0.25) is 4.40 Å². The van der Waals surface area contributed by atoms with E-state index < -0.39 is 39.6 Å². The van der Waals surface area contributed by atoms with E-state index in [0.717, 1.165) is 12.0 Å². The number of nitrogens with two attached hydrogens (primary N) is 1. The summed E-state index contributed by atoms with van der Waals surface area (Å²) in [7, 11) is -3.90. The summed E-state index contributed by atoms with van der Waals surface area (Å²) < 4.78 is 108. The van der Waals surface area contributed by atoms with Gasteiger partial charge in [0.15, 0.2) is 23.6 Å². The zero-order chi connectivity index (χ0) is 30.9. The van der Waals surface area contributed by atoms with Crippen LogP contribution in [0.5, 0.6) is 0 Å². The molecule has 18 heteroatoms. The molecule has 0 saturated heterocycles. The molecule has 4 aromatic rings. The zero-order valence-corrected chi connectivity index (χ0v) is 22.1. The van der Waals surface area contributed by atoms with Crippen LogP contribution in [0.3, 0.4) is 0 Å². The number of aliphatic carboxylic acids is 1. The fourth-order valence-corrected chi connectivity index (χ4v) is 6.80. The van der Waals surface area contributed by atoms with E-state index in [-0.39, 0.29) is 27.5 Å². The number of rotatable bonds is 5. The Morgan fingerprint density at radius 3 is 2.33 bits per heavy atom. The Morgan fingerprint density at radius 2 is 1.79 bits per heavy atom. The van der Waals surface area contributed by atoms with Crippen LogP contribution in [0, 0.1) is 6.92 Å². The first-order valence-electron chi connectivity index (χ1n) is 11.9. The Morgan fingerprint density at radius 1 is 1.14 bits per heavy atom. The van der Waals surface area contributed by atoms with Gasteiger partial charge < -0.3 is 15.3 Å². The van der Waals surface area contributed by atoms with E-state index in [9.17, 15) is 34.8 Å². The fourth-order valence-electron chi connectivity index (χ4n) is 5.37. The number of carboxylic acids is 1. The van der Waals surface area contributed by atoms with Gasteiger partial charge in [0.2, 0.25) is 10.0 Å². The minimum absolute atomic E-state index is 0.00423. The van der Waals surface area contributed by atoms with Gasteiger partial charge in [0, 0.05) is 22.7 Å². The number of nitrogens with zero attached hydrogens (tertiary/aromatic N) is 4. The normalized spacial score (nSPS) is 21.7. The Balaban J connectivity index is 0.000000451. The lowest BCUT2D eigenvalue weighted by molar-refractivity contribution is -0.192. The Bertz CT molecular complexity index is 1780. The molecule has 0 spiro atoms. The third-order valence-electron chi connectivity index (χ3n) is 7.18. The highest BCUT2D eigenvalue weighted by Gasteiger charge is 2.71. The molecule has 3 saturated carbocycles. The minimum Gasteiger partial charge on any atom is -0.475 e. The summed E-state index contributed by atoms with van der Waals surface area (Å²) in [5, 5.41) is 7.12. The quantitative estimate of drug-likeness (QED) is 0.280. The number of benzene rings is 1. The summed E-state index contributed by atoms with van der Waals surface area (Å²) in [6, 6.07) is 4.51. The first-order valence-corrected chi connectivity index (χ1v) is 13.4. The van der Waals surface area contributed by atoms with E-state index in [0.29, 0.717) is 30.4 Å². The SMILES string of the molecule is Cc1ccc(S(=O)(=O)NC23CC(c4cnco4)(C2)C3)cc1-c1cnc2c(N)nc(C(F)(F)F)cn12.O=C(O)C(F)(F)F. The van der Waals surface area contributed by atoms with Crippen molar-refractivity contribution in [2.75, 3.05) is 5.73 Å². The zero-order valence-electron chi connectivity index (χ0n) is 21.3. The molecular weight excluding hydrogens is 598 g/mol. The van der Waals surface area contributed by atoms with Crippen molar-refractivity contribution >= 4 is 27.5 Å². The number of oxazole rings is 1. The monoisotopic (exact) mass is 618 g/mol. The summed E-state index contributed by atoms with van der Waals surface area (Å²) in [5.41, 5.74) is 5.22. The third kappa shape index (κ3) is 5.04. The molecule has 2 bridgehead atoms. The summed E-state index contributed by atoms with van der Waals surface area (Å²) in [6.45, 7) is 1.73. The number of aromatic nitrogens is 4. The van der Waals surface area contributed by atoms with Crippen LogP contribution in [0.15, 0.2) is 52.5 Å². The van der Waals surface area contributed by atoms with Crippen molar-refractivity contribution in [3.63, 3.8) is 0 Å². The van der Waals surface area contributed by atoms with Gasteiger partial charge in [-0.15, -0.1) is 0 Å². The molecule has 0 unspecified atom stereocenters. The molecule has 1 aromatic carbocycles. The van der Waals surface area contributed by atoms with Crippen LogP contribution in [-0.2, 0) is 26.4 Å². The van der Waals surface area contributed by atoms with Crippen LogP contribution in [-0.4, -0.2) is 50.6 Å². The van der Waals surface area contributed by atoms with Crippen LogP contribution in [0.4, 0.5) is 32.2 Å². The maximum absolute atomic E-state index is 13.3. The topological polar surface area (TPSA) is 166 Å². The van der Waals surface area contributed by atoms with E-state index in [1.54, 1.807) is 19.2 Å². The number of alkyl halides is 6.